The molecule has 1 atom stereocenters. The Kier molecular flexibility index (Phi) is 10.9. The number of aliphatic hydroxyl groups is 1. The molecule has 1 aliphatic heterocycles. The van der Waals surface area contributed by atoms with E-state index in [0.29, 0.717) is 45.3 Å². The summed E-state index contributed by atoms with van der Waals surface area (Å²) in [5, 5.41) is 23.0. The highest BCUT2D eigenvalue weighted by Gasteiger charge is 2.48. The van der Waals surface area contributed by atoms with Gasteiger partial charge < -0.3 is 24.1 Å². The van der Waals surface area contributed by atoms with Crippen molar-refractivity contribution in [1.82, 2.24) is 10.2 Å². The highest BCUT2D eigenvalue weighted by Crippen LogP contribution is 2.46. The molecule has 1 N–H and O–H groups in total. The number of benzene rings is 4. The smallest absolute Gasteiger partial charge is 0.301 e. The Morgan fingerprint density at radius 1 is 0.860 bits per heavy atom. The van der Waals surface area contributed by atoms with Gasteiger partial charge in [0.05, 0.1) is 39.6 Å². The van der Waals surface area contributed by atoms with Gasteiger partial charge in [-0.3, -0.25) is 14.5 Å². The first-order valence-corrected chi connectivity index (χ1v) is 18.0. The van der Waals surface area contributed by atoms with Crippen molar-refractivity contribution in [2.75, 3.05) is 32.8 Å². The zero-order valence-electron chi connectivity index (χ0n) is 28.2. The second-order valence-corrected chi connectivity index (χ2v) is 13.7. The third-order valence-electron chi connectivity index (χ3n) is 8.44. The number of hydrogen-bond acceptors (Lipinski definition) is 11. The van der Waals surface area contributed by atoms with Crippen LogP contribution in [0.2, 0.25) is 0 Å². The summed E-state index contributed by atoms with van der Waals surface area (Å²) in [7, 11) is 4.51. The van der Waals surface area contributed by atoms with E-state index in [0.717, 1.165) is 35.6 Å². The quantitative estimate of drug-likeness (QED) is 0.0301. The molecule has 6 rings (SSSR count). The van der Waals surface area contributed by atoms with Gasteiger partial charge in [-0.15, -0.1) is 10.2 Å². The van der Waals surface area contributed by atoms with Crippen LogP contribution in [0.4, 0.5) is 5.13 Å². The van der Waals surface area contributed by atoms with Crippen molar-refractivity contribution in [3.63, 3.8) is 0 Å². The fourth-order valence-corrected chi connectivity index (χ4v) is 7.78. The van der Waals surface area contributed by atoms with Crippen molar-refractivity contribution >= 4 is 56.5 Å². The lowest BCUT2D eigenvalue weighted by molar-refractivity contribution is -0.132. The SMILES string of the molecule is CCCCCOc1ccc([C@@H]2C(=C(O)c3ccc(OC)c(OC)c3)C(=O)C(=O)N2c2nnc(SCc3cccc4ccccc34)s2)cc1OC. The summed E-state index contributed by atoms with van der Waals surface area (Å²) in [5.41, 5.74) is 1.83. The molecule has 1 fully saturated rings. The number of carbonyl (C=O) groups is 2. The second kappa shape index (κ2) is 15.6. The van der Waals surface area contributed by atoms with E-state index in [-0.39, 0.29) is 22.0 Å². The summed E-state index contributed by atoms with van der Waals surface area (Å²) in [5.74, 6) is 0.332. The van der Waals surface area contributed by atoms with Gasteiger partial charge in [-0.2, -0.15) is 0 Å². The molecule has 0 aliphatic carbocycles. The zero-order chi connectivity index (χ0) is 35.2. The Hall–Kier alpha value is -5.07. The average molecular weight is 712 g/mol. The van der Waals surface area contributed by atoms with Gasteiger partial charge >= 0.3 is 5.91 Å². The first-order valence-electron chi connectivity index (χ1n) is 16.2. The number of fused-ring (bicyclic) bond motifs is 1. The number of amides is 1. The molecular formula is C38H37N3O7S2. The third-order valence-corrected chi connectivity index (χ3v) is 10.5. The molecule has 10 nitrogen and oxygen atoms in total. The summed E-state index contributed by atoms with van der Waals surface area (Å²) in [4.78, 5) is 29.0. The number of ether oxygens (including phenoxy) is 4. The molecule has 0 bridgehead atoms. The summed E-state index contributed by atoms with van der Waals surface area (Å²) in [6.45, 7) is 2.64. The normalized spacial score (nSPS) is 15.4. The Balaban J connectivity index is 1.39. The van der Waals surface area contributed by atoms with Gasteiger partial charge in [-0.25, -0.2) is 0 Å². The molecule has 0 unspecified atom stereocenters. The summed E-state index contributed by atoms with van der Waals surface area (Å²) < 4.78 is 23.1. The van der Waals surface area contributed by atoms with Crippen molar-refractivity contribution in [3.8, 4) is 23.0 Å². The van der Waals surface area contributed by atoms with Gasteiger partial charge in [0.2, 0.25) is 5.13 Å². The number of anilines is 1. The largest absolute Gasteiger partial charge is 0.507 e. The highest BCUT2D eigenvalue weighted by atomic mass is 32.2. The molecule has 2 heterocycles. The molecule has 258 valence electrons. The summed E-state index contributed by atoms with van der Waals surface area (Å²) in [6, 6.07) is 23.3. The monoisotopic (exact) mass is 711 g/mol. The Morgan fingerprint density at radius 3 is 2.38 bits per heavy atom. The summed E-state index contributed by atoms with van der Waals surface area (Å²) in [6.07, 6.45) is 2.99. The lowest BCUT2D eigenvalue weighted by Crippen LogP contribution is -2.29. The van der Waals surface area contributed by atoms with Crippen LogP contribution in [0, 0.1) is 0 Å². The minimum Gasteiger partial charge on any atom is -0.507 e. The van der Waals surface area contributed by atoms with E-state index in [2.05, 4.69) is 41.4 Å². The third kappa shape index (κ3) is 6.99. The van der Waals surface area contributed by atoms with E-state index in [1.165, 1.54) is 49.3 Å². The maximum absolute atomic E-state index is 13.9. The van der Waals surface area contributed by atoms with Crippen LogP contribution in [0.5, 0.6) is 23.0 Å². The number of nitrogens with zero attached hydrogens (tertiary/aromatic N) is 3. The number of rotatable bonds is 14. The van der Waals surface area contributed by atoms with Crippen LogP contribution in [-0.4, -0.2) is 54.9 Å². The van der Waals surface area contributed by atoms with Gasteiger partial charge in [0, 0.05) is 11.3 Å². The topological polar surface area (TPSA) is 120 Å². The van der Waals surface area contributed by atoms with Crippen LogP contribution in [0.15, 0.2) is 88.8 Å². The molecule has 50 heavy (non-hydrogen) atoms. The highest BCUT2D eigenvalue weighted by molar-refractivity contribution is 8.00. The number of aromatic nitrogens is 2. The molecule has 4 aromatic carbocycles. The minimum absolute atomic E-state index is 0.110. The van der Waals surface area contributed by atoms with Gasteiger partial charge in [0.15, 0.2) is 27.3 Å². The number of unbranched alkanes of at least 4 members (excludes halogenated alkanes) is 2. The molecule has 1 aromatic heterocycles. The molecule has 1 aliphatic rings. The van der Waals surface area contributed by atoms with Gasteiger partial charge in [-0.05, 0) is 58.7 Å². The number of thioether (sulfide) groups is 1. The Labute approximate surface area is 298 Å². The number of carbonyl (C=O) groups excluding carboxylic acids is 2. The van der Waals surface area contributed by atoms with Crippen molar-refractivity contribution < 1.29 is 33.6 Å². The van der Waals surface area contributed by atoms with Crippen LogP contribution in [-0.2, 0) is 15.3 Å². The lowest BCUT2D eigenvalue weighted by Gasteiger charge is -2.23. The first kappa shape index (κ1) is 34.8. The van der Waals surface area contributed by atoms with Crippen LogP contribution in [0.1, 0.15) is 48.9 Å². The number of methoxy groups -OCH3 is 3. The minimum atomic E-state index is -1.05. The predicted octanol–water partition coefficient (Wildman–Crippen LogP) is 8.20. The Bertz CT molecular complexity index is 2060. The van der Waals surface area contributed by atoms with E-state index in [4.69, 9.17) is 18.9 Å². The van der Waals surface area contributed by atoms with E-state index in [1.807, 2.05) is 18.2 Å². The van der Waals surface area contributed by atoms with Gasteiger partial charge in [0.25, 0.3) is 5.78 Å². The summed E-state index contributed by atoms with van der Waals surface area (Å²) >= 11 is 2.70. The lowest BCUT2D eigenvalue weighted by atomic mass is 9.95. The van der Waals surface area contributed by atoms with Gasteiger partial charge in [-0.1, -0.05) is 91.4 Å². The zero-order valence-corrected chi connectivity index (χ0v) is 29.8. The maximum atomic E-state index is 13.9. The number of hydrogen-bond donors (Lipinski definition) is 1. The molecule has 0 spiro atoms. The average Bonchev–Trinajstić information content (AvgIpc) is 3.73. The molecule has 0 radical (unpaired) electrons. The van der Waals surface area contributed by atoms with E-state index < -0.39 is 17.7 Å². The molecule has 1 saturated heterocycles. The van der Waals surface area contributed by atoms with Crippen LogP contribution < -0.4 is 23.8 Å². The van der Waals surface area contributed by atoms with Crippen LogP contribution >= 0.6 is 23.1 Å². The Morgan fingerprint density at radius 2 is 1.60 bits per heavy atom. The van der Waals surface area contributed by atoms with Gasteiger partial charge in [0.1, 0.15) is 5.76 Å². The van der Waals surface area contributed by atoms with E-state index in [9.17, 15) is 14.7 Å². The first-order chi connectivity index (χ1) is 24.4. The molecule has 1 amide bonds. The van der Waals surface area contributed by atoms with Crippen molar-refractivity contribution in [1.29, 1.82) is 0 Å². The van der Waals surface area contributed by atoms with E-state index >= 15 is 0 Å². The number of Topliss-reactive ketones (excluding diaryl/α,β-unsaturated/α-hetero) is 1. The standard InChI is InChI=1S/C38H37N3O7S2/c1-5-6-9-19-48-29-18-15-24(20-31(29)47-4)33-32(34(42)25-16-17-28(45-2)30(21-25)46-3)35(43)36(44)41(33)37-39-40-38(50-37)49-22-26-13-10-12-23-11-7-8-14-27(23)26/h7-8,10-18,20-21,33,42H,5-6,9,19,22H2,1-4H3/t33-/m1/s1. The molecule has 5 aromatic rings. The molecule has 12 heteroatoms. The molecule has 0 saturated carbocycles. The van der Waals surface area contributed by atoms with Crippen LogP contribution in [0.3, 0.4) is 0 Å². The number of aliphatic hydroxyl groups excluding tert-OH is 1. The van der Waals surface area contributed by atoms with Crippen molar-refractivity contribution in [2.24, 2.45) is 0 Å². The van der Waals surface area contributed by atoms with Crippen molar-refractivity contribution in [2.45, 2.75) is 42.3 Å². The second-order valence-electron chi connectivity index (χ2n) is 11.5. The maximum Gasteiger partial charge on any atom is 0.301 e. The molecular weight excluding hydrogens is 675 g/mol. The number of ketones is 1. The van der Waals surface area contributed by atoms with Crippen molar-refractivity contribution in [3.05, 3.63) is 101 Å². The van der Waals surface area contributed by atoms with Crippen LogP contribution in [0.25, 0.3) is 16.5 Å². The fourth-order valence-electron chi connectivity index (χ4n) is 5.91. The fraction of sp³-hybridized carbons (Fsp3) is 0.263. The predicted molar refractivity (Wildman–Crippen MR) is 196 cm³/mol. The van der Waals surface area contributed by atoms with E-state index in [1.54, 1.807) is 36.4 Å².